The van der Waals surface area contributed by atoms with Crippen molar-refractivity contribution in [3.05, 3.63) is 24.0 Å². The minimum atomic E-state index is -0.0887. The smallest absolute Gasteiger partial charge is 0.227 e. The summed E-state index contributed by atoms with van der Waals surface area (Å²) in [6.45, 7) is 4.18. The molecule has 1 fully saturated rings. The second kappa shape index (κ2) is 4.84. The predicted octanol–water partition coefficient (Wildman–Crippen LogP) is 1.69. The monoisotopic (exact) mass is 234 g/mol. The lowest BCUT2D eigenvalue weighted by Gasteiger charge is -2.23. The summed E-state index contributed by atoms with van der Waals surface area (Å²) in [4.78, 5) is 17.8. The van der Waals surface area contributed by atoms with E-state index in [4.69, 9.17) is 0 Å². The van der Waals surface area contributed by atoms with Crippen molar-refractivity contribution in [3.8, 4) is 0 Å². The molecule has 0 bridgehead atoms. The van der Waals surface area contributed by atoms with E-state index in [1.165, 1.54) is 0 Å². The van der Waals surface area contributed by atoms with Crippen molar-refractivity contribution < 1.29 is 9.90 Å². The maximum absolute atomic E-state index is 11.7. The van der Waals surface area contributed by atoms with E-state index in [1.54, 1.807) is 11.1 Å². The molecule has 0 aliphatic carbocycles. The van der Waals surface area contributed by atoms with Crippen LogP contribution in [-0.2, 0) is 4.79 Å². The van der Waals surface area contributed by atoms with Crippen LogP contribution in [-0.4, -0.2) is 28.6 Å². The molecule has 0 aromatic carbocycles. The standard InChI is InChI=1S/C13H18N2O2/c1-9(2)12-5-3-10(7-14-12)15-11(8-16)4-6-13(15)17/h3,5,7,9,11,16H,4,6,8H2,1-2H3. The third-order valence-electron chi connectivity index (χ3n) is 3.18. The highest BCUT2D eigenvalue weighted by molar-refractivity contribution is 5.96. The Morgan fingerprint density at radius 2 is 2.29 bits per heavy atom. The summed E-state index contributed by atoms with van der Waals surface area (Å²) >= 11 is 0. The second-order valence-corrected chi connectivity index (χ2v) is 4.73. The van der Waals surface area contributed by atoms with Gasteiger partial charge in [0.15, 0.2) is 0 Å². The van der Waals surface area contributed by atoms with E-state index in [2.05, 4.69) is 18.8 Å². The Morgan fingerprint density at radius 1 is 1.53 bits per heavy atom. The predicted molar refractivity (Wildman–Crippen MR) is 65.9 cm³/mol. The number of anilines is 1. The number of hydrogen-bond donors (Lipinski definition) is 1. The van der Waals surface area contributed by atoms with Crippen molar-refractivity contribution in [2.24, 2.45) is 0 Å². The molecule has 1 atom stereocenters. The van der Waals surface area contributed by atoms with E-state index < -0.39 is 0 Å². The Labute approximate surface area is 101 Å². The number of carbonyl (C=O) groups excluding carboxylic acids is 1. The molecule has 4 nitrogen and oxygen atoms in total. The van der Waals surface area contributed by atoms with Crippen molar-refractivity contribution in [2.45, 2.75) is 38.6 Å². The van der Waals surface area contributed by atoms with Gasteiger partial charge < -0.3 is 10.0 Å². The van der Waals surface area contributed by atoms with E-state index in [9.17, 15) is 9.90 Å². The molecule has 1 aliphatic rings. The van der Waals surface area contributed by atoms with Crippen LogP contribution in [0.5, 0.6) is 0 Å². The first-order chi connectivity index (χ1) is 8.13. The molecule has 1 amide bonds. The molecule has 17 heavy (non-hydrogen) atoms. The average Bonchev–Trinajstić information content (AvgIpc) is 2.70. The lowest BCUT2D eigenvalue weighted by atomic mass is 10.1. The van der Waals surface area contributed by atoms with Gasteiger partial charge in [0.05, 0.1) is 24.5 Å². The third-order valence-corrected chi connectivity index (χ3v) is 3.18. The van der Waals surface area contributed by atoms with Crippen LogP contribution in [0.2, 0.25) is 0 Å². The van der Waals surface area contributed by atoms with Gasteiger partial charge in [-0.3, -0.25) is 9.78 Å². The molecule has 2 rings (SSSR count). The van der Waals surface area contributed by atoms with Crippen molar-refractivity contribution >= 4 is 11.6 Å². The fraction of sp³-hybridized carbons (Fsp3) is 0.538. The van der Waals surface area contributed by atoms with Gasteiger partial charge in [-0.05, 0) is 24.5 Å². The Balaban J connectivity index is 2.24. The fourth-order valence-electron chi connectivity index (χ4n) is 2.15. The SMILES string of the molecule is CC(C)c1ccc(N2C(=O)CCC2CO)cn1. The molecule has 0 spiro atoms. The molecule has 1 saturated heterocycles. The maximum Gasteiger partial charge on any atom is 0.227 e. The van der Waals surface area contributed by atoms with Crippen LogP contribution in [0.15, 0.2) is 18.3 Å². The zero-order valence-corrected chi connectivity index (χ0v) is 10.3. The summed E-state index contributed by atoms with van der Waals surface area (Å²) in [5, 5.41) is 9.24. The summed E-state index contributed by atoms with van der Waals surface area (Å²) in [6.07, 6.45) is 2.96. The van der Waals surface area contributed by atoms with E-state index in [1.807, 2.05) is 12.1 Å². The molecule has 1 unspecified atom stereocenters. The topological polar surface area (TPSA) is 53.4 Å². The summed E-state index contributed by atoms with van der Waals surface area (Å²) in [5.41, 5.74) is 1.80. The zero-order chi connectivity index (χ0) is 12.4. The largest absolute Gasteiger partial charge is 0.394 e. The van der Waals surface area contributed by atoms with Crippen LogP contribution in [0.25, 0.3) is 0 Å². The lowest BCUT2D eigenvalue weighted by Crippen LogP contribution is -2.35. The molecule has 92 valence electrons. The number of pyridine rings is 1. The fourth-order valence-corrected chi connectivity index (χ4v) is 2.15. The first kappa shape index (κ1) is 12.0. The van der Waals surface area contributed by atoms with Crippen LogP contribution in [0.3, 0.4) is 0 Å². The Morgan fingerprint density at radius 3 is 2.82 bits per heavy atom. The number of aromatic nitrogens is 1. The van der Waals surface area contributed by atoms with Gasteiger partial charge in [-0.1, -0.05) is 13.8 Å². The number of aliphatic hydroxyl groups excluding tert-OH is 1. The number of amides is 1. The van der Waals surface area contributed by atoms with Gasteiger partial charge in [0.2, 0.25) is 5.91 Å². The van der Waals surface area contributed by atoms with Crippen LogP contribution in [0.1, 0.15) is 38.3 Å². The molecule has 1 aromatic rings. The van der Waals surface area contributed by atoms with E-state index >= 15 is 0 Å². The van der Waals surface area contributed by atoms with E-state index in [-0.39, 0.29) is 18.6 Å². The normalized spacial score (nSPS) is 20.4. The molecule has 1 N–H and O–H groups in total. The van der Waals surface area contributed by atoms with Gasteiger partial charge in [0.1, 0.15) is 0 Å². The van der Waals surface area contributed by atoms with Crippen molar-refractivity contribution in [1.29, 1.82) is 0 Å². The average molecular weight is 234 g/mol. The quantitative estimate of drug-likeness (QED) is 0.866. The molecular formula is C13H18N2O2. The van der Waals surface area contributed by atoms with Gasteiger partial charge in [-0.25, -0.2) is 0 Å². The summed E-state index contributed by atoms with van der Waals surface area (Å²) in [6, 6.07) is 3.77. The van der Waals surface area contributed by atoms with Crippen LogP contribution in [0, 0.1) is 0 Å². The van der Waals surface area contributed by atoms with Crippen LogP contribution < -0.4 is 4.90 Å². The molecule has 0 saturated carbocycles. The van der Waals surface area contributed by atoms with Gasteiger partial charge in [0.25, 0.3) is 0 Å². The molecule has 4 heteroatoms. The number of nitrogens with zero attached hydrogens (tertiary/aromatic N) is 2. The minimum absolute atomic E-state index is 0.0116. The molecule has 1 aliphatic heterocycles. The number of hydrogen-bond acceptors (Lipinski definition) is 3. The maximum atomic E-state index is 11.7. The number of rotatable bonds is 3. The van der Waals surface area contributed by atoms with E-state index in [0.717, 1.165) is 17.8 Å². The first-order valence-electron chi connectivity index (χ1n) is 6.02. The highest BCUT2D eigenvalue weighted by Crippen LogP contribution is 2.26. The first-order valence-corrected chi connectivity index (χ1v) is 6.02. The van der Waals surface area contributed by atoms with Gasteiger partial charge in [-0.2, -0.15) is 0 Å². The minimum Gasteiger partial charge on any atom is -0.394 e. The molecule has 2 heterocycles. The number of carbonyl (C=O) groups is 1. The highest BCUT2D eigenvalue weighted by atomic mass is 16.3. The number of aliphatic hydroxyl groups is 1. The van der Waals surface area contributed by atoms with Crippen LogP contribution >= 0.6 is 0 Å². The lowest BCUT2D eigenvalue weighted by molar-refractivity contribution is -0.117. The highest BCUT2D eigenvalue weighted by Gasteiger charge is 2.31. The molecule has 1 aromatic heterocycles. The zero-order valence-electron chi connectivity index (χ0n) is 10.3. The Hall–Kier alpha value is -1.42. The Bertz CT molecular complexity index is 400. The van der Waals surface area contributed by atoms with Crippen molar-refractivity contribution in [2.75, 3.05) is 11.5 Å². The third kappa shape index (κ3) is 2.31. The second-order valence-electron chi connectivity index (χ2n) is 4.73. The van der Waals surface area contributed by atoms with E-state index in [0.29, 0.717) is 12.3 Å². The molecule has 0 radical (unpaired) electrons. The molecular weight excluding hydrogens is 216 g/mol. The van der Waals surface area contributed by atoms with Gasteiger partial charge in [0, 0.05) is 12.1 Å². The summed E-state index contributed by atoms with van der Waals surface area (Å²) in [7, 11) is 0. The van der Waals surface area contributed by atoms with Crippen LogP contribution in [0.4, 0.5) is 5.69 Å². The summed E-state index contributed by atoms with van der Waals surface area (Å²) < 4.78 is 0. The van der Waals surface area contributed by atoms with Crippen molar-refractivity contribution in [3.63, 3.8) is 0 Å². The van der Waals surface area contributed by atoms with Gasteiger partial charge in [-0.15, -0.1) is 0 Å². The van der Waals surface area contributed by atoms with Gasteiger partial charge >= 0.3 is 0 Å². The van der Waals surface area contributed by atoms with Crippen molar-refractivity contribution in [1.82, 2.24) is 4.98 Å². The Kier molecular flexibility index (Phi) is 3.43. The summed E-state index contributed by atoms with van der Waals surface area (Å²) in [5.74, 6) is 0.454.